The third kappa shape index (κ3) is 4.45. The Morgan fingerprint density at radius 1 is 1.37 bits per heavy atom. The average Bonchev–Trinajstić information content (AvgIpc) is 3.21. The van der Waals surface area contributed by atoms with Gasteiger partial charge in [-0.15, -0.1) is 0 Å². The summed E-state index contributed by atoms with van der Waals surface area (Å²) in [6.45, 7) is 3.83. The van der Waals surface area contributed by atoms with Gasteiger partial charge in [0.05, 0.1) is 15.9 Å². The number of hydrogen-bond donors (Lipinski definition) is 1. The number of carbonyl (C=O) groups excluding carboxylic acids is 1. The topological polar surface area (TPSA) is 116 Å². The molecule has 0 aliphatic carbocycles. The highest BCUT2D eigenvalue weighted by Gasteiger charge is 2.24. The number of thioether (sulfide) groups is 1. The van der Waals surface area contributed by atoms with Crippen LogP contribution in [0.25, 0.3) is 17.2 Å². The first-order valence-corrected chi connectivity index (χ1v) is 11.3. The van der Waals surface area contributed by atoms with Crippen LogP contribution in [0.15, 0.2) is 41.6 Å². The summed E-state index contributed by atoms with van der Waals surface area (Å²) in [5, 5.41) is 14.3. The van der Waals surface area contributed by atoms with Crippen LogP contribution in [0.3, 0.4) is 0 Å². The molecule has 3 rings (SSSR count). The van der Waals surface area contributed by atoms with E-state index in [1.807, 2.05) is 13.3 Å². The quantitative estimate of drug-likeness (QED) is 0.427. The second-order valence-corrected chi connectivity index (χ2v) is 9.17. The van der Waals surface area contributed by atoms with Gasteiger partial charge in [0.25, 0.3) is 0 Å². The highest BCUT2D eigenvalue weighted by Crippen LogP contribution is 2.29. The summed E-state index contributed by atoms with van der Waals surface area (Å²) >= 11 is 4.15. The standard InChI is InChI=1S/C14H12BrFN5O4PS/c1-26(2)20-10(22)6-27-13-11(17-25-19-13)12-18-24-14(23)21(12)7-3-4-9(16)8(15)5-7/h3-5H,6H2,1-2H3,(H,20,22). The Balaban J connectivity index is 1.93. The SMILES string of the molecule is CP(C)NC(=O)CSc1nonc1-c1noc(=O)n1-c1ccc(F)c(Br)c1. The van der Waals surface area contributed by atoms with Gasteiger partial charge in [0.2, 0.25) is 11.7 Å². The molecule has 0 fully saturated rings. The first kappa shape index (κ1) is 19.7. The van der Waals surface area contributed by atoms with E-state index in [1.165, 1.54) is 18.2 Å². The number of carbonyl (C=O) groups is 1. The Hall–Kier alpha value is -2.04. The zero-order valence-electron chi connectivity index (χ0n) is 14.0. The van der Waals surface area contributed by atoms with Gasteiger partial charge >= 0.3 is 5.76 Å². The van der Waals surface area contributed by atoms with Crippen LogP contribution in [-0.4, -0.2) is 45.0 Å². The zero-order chi connectivity index (χ0) is 19.6. The van der Waals surface area contributed by atoms with E-state index in [2.05, 4.69) is 36.5 Å². The van der Waals surface area contributed by atoms with Crippen LogP contribution in [0.1, 0.15) is 0 Å². The van der Waals surface area contributed by atoms with Crippen molar-refractivity contribution >= 4 is 41.7 Å². The van der Waals surface area contributed by atoms with E-state index in [1.54, 1.807) is 0 Å². The lowest BCUT2D eigenvalue weighted by Gasteiger charge is -2.07. The third-order valence-corrected chi connectivity index (χ3v) is 5.38. The first-order chi connectivity index (χ1) is 12.9. The molecule has 0 bridgehead atoms. The second-order valence-electron chi connectivity index (χ2n) is 5.34. The van der Waals surface area contributed by atoms with Gasteiger partial charge in [-0.3, -0.25) is 9.32 Å². The molecule has 0 atom stereocenters. The molecule has 9 nitrogen and oxygen atoms in total. The van der Waals surface area contributed by atoms with Gasteiger partial charge in [-0.05, 0) is 65.8 Å². The van der Waals surface area contributed by atoms with E-state index in [9.17, 15) is 14.0 Å². The number of benzene rings is 1. The maximum Gasteiger partial charge on any atom is 0.446 e. The highest BCUT2D eigenvalue weighted by molar-refractivity contribution is 9.10. The molecule has 0 aliphatic heterocycles. The molecule has 0 aliphatic rings. The minimum atomic E-state index is -0.789. The number of amides is 1. The third-order valence-electron chi connectivity index (χ3n) is 3.12. The van der Waals surface area contributed by atoms with Crippen molar-refractivity contribution in [3.05, 3.63) is 39.0 Å². The van der Waals surface area contributed by atoms with Crippen molar-refractivity contribution in [2.75, 3.05) is 19.1 Å². The van der Waals surface area contributed by atoms with Crippen LogP contribution in [0.4, 0.5) is 4.39 Å². The van der Waals surface area contributed by atoms with Crippen LogP contribution in [0, 0.1) is 5.82 Å². The van der Waals surface area contributed by atoms with Gasteiger partial charge in [0.15, 0.2) is 10.7 Å². The maximum atomic E-state index is 13.5. The summed E-state index contributed by atoms with van der Waals surface area (Å²) in [7, 11) is -0.579. The molecule has 0 saturated carbocycles. The zero-order valence-corrected chi connectivity index (χ0v) is 17.3. The van der Waals surface area contributed by atoms with Crippen molar-refractivity contribution in [1.29, 1.82) is 0 Å². The summed E-state index contributed by atoms with van der Waals surface area (Å²) in [4.78, 5) is 23.9. The molecule has 3 aromatic rings. The van der Waals surface area contributed by atoms with Gasteiger partial charge in [-0.25, -0.2) is 18.4 Å². The molecule has 1 N–H and O–H groups in total. The van der Waals surface area contributed by atoms with Crippen molar-refractivity contribution in [3.8, 4) is 17.2 Å². The fourth-order valence-corrected chi connectivity index (χ4v) is 3.82. The molecule has 13 heteroatoms. The normalized spacial score (nSPS) is 11.1. The molecule has 142 valence electrons. The molecule has 1 aromatic carbocycles. The Bertz CT molecular complexity index is 1040. The van der Waals surface area contributed by atoms with Gasteiger partial charge in [0, 0.05) is 0 Å². The van der Waals surface area contributed by atoms with E-state index in [4.69, 9.17) is 9.15 Å². The lowest BCUT2D eigenvalue weighted by molar-refractivity contribution is -0.116. The lowest BCUT2D eigenvalue weighted by Crippen LogP contribution is -2.19. The van der Waals surface area contributed by atoms with Crippen molar-refractivity contribution in [2.24, 2.45) is 0 Å². The van der Waals surface area contributed by atoms with Crippen molar-refractivity contribution in [1.82, 2.24) is 25.1 Å². The summed E-state index contributed by atoms with van der Waals surface area (Å²) < 4.78 is 24.2. The maximum absolute atomic E-state index is 13.5. The largest absolute Gasteiger partial charge is 0.446 e. The van der Waals surface area contributed by atoms with Gasteiger partial charge in [-0.2, -0.15) is 0 Å². The van der Waals surface area contributed by atoms with E-state index < -0.39 is 19.6 Å². The minimum absolute atomic E-state index is 0.0240. The number of rotatable bonds is 6. The molecule has 0 saturated heterocycles. The van der Waals surface area contributed by atoms with E-state index >= 15 is 0 Å². The summed E-state index contributed by atoms with van der Waals surface area (Å²) in [6, 6.07) is 3.98. The van der Waals surface area contributed by atoms with Crippen LogP contribution in [0.2, 0.25) is 0 Å². The number of hydrogen-bond acceptors (Lipinski definition) is 8. The Morgan fingerprint density at radius 2 is 2.15 bits per heavy atom. The summed E-state index contributed by atoms with van der Waals surface area (Å²) in [5.74, 6) is -1.32. The Morgan fingerprint density at radius 3 is 2.85 bits per heavy atom. The van der Waals surface area contributed by atoms with Crippen LogP contribution < -0.4 is 10.8 Å². The number of nitrogens with one attached hydrogen (secondary N) is 1. The number of halogens is 2. The molecule has 0 radical (unpaired) electrons. The van der Waals surface area contributed by atoms with E-state index in [-0.39, 0.29) is 32.7 Å². The molecular formula is C14H12BrFN5O4PS. The smallest absolute Gasteiger partial charge is 0.335 e. The van der Waals surface area contributed by atoms with Gasteiger partial charge in [0.1, 0.15) is 5.82 Å². The number of aromatic nitrogens is 4. The van der Waals surface area contributed by atoms with E-state index in [0.717, 1.165) is 16.3 Å². The molecule has 0 unspecified atom stereocenters. The predicted octanol–water partition coefficient (Wildman–Crippen LogP) is 2.64. The van der Waals surface area contributed by atoms with Crippen molar-refractivity contribution < 1.29 is 18.3 Å². The van der Waals surface area contributed by atoms with Crippen LogP contribution in [0.5, 0.6) is 0 Å². The lowest BCUT2D eigenvalue weighted by atomic mass is 10.3. The fourth-order valence-electron chi connectivity index (χ4n) is 2.08. The molecular weight excluding hydrogens is 464 g/mol. The molecule has 2 aromatic heterocycles. The minimum Gasteiger partial charge on any atom is -0.335 e. The second kappa shape index (κ2) is 8.32. The fraction of sp³-hybridized carbons (Fsp3) is 0.214. The van der Waals surface area contributed by atoms with Gasteiger partial charge in [-0.1, -0.05) is 16.9 Å². The Kier molecular flexibility index (Phi) is 6.08. The Labute approximate surface area is 165 Å². The molecule has 2 heterocycles. The molecule has 27 heavy (non-hydrogen) atoms. The number of nitrogens with zero attached hydrogens (tertiary/aromatic N) is 4. The summed E-state index contributed by atoms with van der Waals surface area (Å²) in [5.41, 5.74) is 0.443. The van der Waals surface area contributed by atoms with Crippen LogP contribution >= 0.6 is 35.8 Å². The van der Waals surface area contributed by atoms with Crippen molar-refractivity contribution in [2.45, 2.75) is 5.03 Å². The average molecular weight is 476 g/mol. The first-order valence-electron chi connectivity index (χ1n) is 7.33. The highest BCUT2D eigenvalue weighted by atomic mass is 79.9. The van der Waals surface area contributed by atoms with E-state index in [0.29, 0.717) is 5.69 Å². The van der Waals surface area contributed by atoms with Crippen LogP contribution in [-0.2, 0) is 4.79 Å². The van der Waals surface area contributed by atoms with Crippen molar-refractivity contribution in [3.63, 3.8) is 0 Å². The van der Waals surface area contributed by atoms with Gasteiger partial charge < -0.3 is 5.09 Å². The monoisotopic (exact) mass is 475 g/mol. The summed E-state index contributed by atoms with van der Waals surface area (Å²) in [6.07, 6.45) is 0. The predicted molar refractivity (Wildman–Crippen MR) is 101 cm³/mol. The molecule has 0 spiro atoms. The molecule has 1 amide bonds.